The van der Waals surface area contributed by atoms with Crippen molar-refractivity contribution < 1.29 is 0 Å². The molecule has 0 aliphatic carbocycles. The lowest BCUT2D eigenvalue weighted by molar-refractivity contribution is 0.482. The van der Waals surface area contributed by atoms with Crippen LogP contribution in [0.3, 0.4) is 0 Å². The predicted molar refractivity (Wildman–Crippen MR) is 85.7 cm³/mol. The van der Waals surface area contributed by atoms with Crippen molar-refractivity contribution in [2.45, 2.75) is 33.6 Å². The molecule has 0 atom stereocenters. The molecule has 0 saturated carbocycles. The first-order chi connectivity index (χ1) is 9.55. The van der Waals surface area contributed by atoms with Crippen molar-refractivity contribution in [2.75, 3.05) is 49.3 Å². The van der Waals surface area contributed by atoms with Gasteiger partial charge in [0.15, 0.2) is 0 Å². The van der Waals surface area contributed by atoms with E-state index in [2.05, 4.69) is 45.9 Å². The SMILES string of the molecule is CCC(CC)CN(CC)c1nc(NC)nc(N(C)C)n1. The van der Waals surface area contributed by atoms with Crippen LogP contribution in [0.5, 0.6) is 0 Å². The minimum absolute atomic E-state index is 0.613. The summed E-state index contributed by atoms with van der Waals surface area (Å²) in [5.41, 5.74) is 0. The lowest BCUT2D eigenvalue weighted by atomic mass is 10.0. The number of nitrogens with one attached hydrogen (secondary N) is 1. The van der Waals surface area contributed by atoms with E-state index in [-0.39, 0.29) is 0 Å². The van der Waals surface area contributed by atoms with Gasteiger partial charge in [-0.1, -0.05) is 26.7 Å². The highest BCUT2D eigenvalue weighted by molar-refractivity contribution is 5.44. The van der Waals surface area contributed by atoms with Crippen LogP contribution in [0.1, 0.15) is 33.6 Å². The number of aromatic nitrogens is 3. The second-order valence-corrected chi connectivity index (χ2v) is 5.12. The zero-order valence-electron chi connectivity index (χ0n) is 13.6. The largest absolute Gasteiger partial charge is 0.357 e. The molecule has 0 aromatic carbocycles. The summed E-state index contributed by atoms with van der Waals surface area (Å²) in [7, 11) is 5.71. The van der Waals surface area contributed by atoms with Crippen molar-refractivity contribution in [1.82, 2.24) is 15.0 Å². The van der Waals surface area contributed by atoms with Crippen LogP contribution < -0.4 is 15.1 Å². The van der Waals surface area contributed by atoms with Crippen LogP contribution in [0.4, 0.5) is 17.8 Å². The fourth-order valence-corrected chi connectivity index (χ4v) is 2.02. The molecule has 0 aliphatic rings. The Labute approximate surface area is 122 Å². The highest BCUT2D eigenvalue weighted by Crippen LogP contribution is 2.18. The normalized spacial score (nSPS) is 10.8. The Morgan fingerprint density at radius 1 is 1.00 bits per heavy atom. The lowest BCUT2D eigenvalue weighted by Crippen LogP contribution is -2.31. The maximum atomic E-state index is 4.56. The smallest absolute Gasteiger partial charge is 0.231 e. The van der Waals surface area contributed by atoms with Crippen molar-refractivity contribution in [1.29, 1.82) is 0 Å². The molecule has 1 N–H and O–H groups in total. The van der Waals surface area contributed by atoms with Crippen LogP contribution in [0, 0.1) is 5.92 Å². The van der Waals surface area contributed by atoms with E-state index in [0.29, 0.717) is 17.8 Å². The van der Waals surface area contributed by atoms with Crippen LogP contribution in [0.2, 0.25) is 0 Å². The van der Waals surface area contributed by atoms with E-state index in [4.69, 9.17) is 0 Å². The van der Waals surface area contributed by atoms with E-state index in [1.807, 2.05) is 26.0 Å². The maximum absolute atomic E-state index is 4.56. The third kappa shape index (κ3) is 4.21. The molecule has 0 aliphatic heterocycles. The number of anilines is 3. The standard InChI is InChI=1S/C14H28N6/c1-7-11(8-2)10-20(9-3)14-17-12(15-4)16-13(18-14)19(5)6/h11H,7-10H2,1-6H3,(H,15,16,17,18). The van der Waals surface area contributed by atoms with Gasteiger partial charge in [-0.05, 0) is 12.8 Å². The first-order valence-corrected chi connectivity index (χ1v) is 7.41. The molecule has 1 rings (SSSR count). The Hall–Kier alpha value is -1.59. The molecule has 6 heteroatoms. The molecular weight excluding hydrogens is 252 g/mol. The Balaban J connectivity index is 3.04. The molecule has 0 radical (unpaired) electrons. The molecule has 0 spiro atoms. The molecule has 1 aromatic rings. The van der Waals surface area contributed by atoms with E-state index in [1.165, 1.54) is 12.8 Å². The van der Waals surface area contributed by atoms with Gasteiger partial charge in [-0.3, -0.25) is 0 Å². The summed E-state index contributed by atoms with van der Waals surface area (Å²) in [4.78, 5) is 17.5. The highest BCUT2D eigenvalue weighted by Gasteiger charge is 2.16. The van der Waals surface area contributed by atoms with Crippen LogP contribution in [0.25, 0.3) is 0 Å². The molecule has 1 heterocycles. The average molecular weight is 280 g/mol. The van der Waals surface area contributed by atoms with Crippen LogP contribution >= 0.6 is 0 Å². The highest BCUT2D eigenvalue weighted by atomic mass is 15.3. The van der Waals surface area contributed by atoms with E-state index in [1.54, 1.807) is 0 Å². The predicted octanol–water partition coefficient (Wildman–Crippen LogP) is 2.24. The molecule has 0 bridgehead atoms. The van der Waals surface area contributed by atoms with Crippen LogP contribution in [-0.2, 0) is 0 Å². The first kappa shape index (κ1) is 16.5. The zero-order chi connectivity index (χ0) is 15.1. The zero-order valence-corrected chi connectivity index (χ0v) is 13.6. The Bertz CT molecular complexity index is 403. The van der Waals surface area contributed by atoms with Gasteiger partial charge in [0.05, 0.1) is 0 Å². The molecule has 0 unspecified atom stereocenters. The van der Waals surface area contributed by atoms with Gasteiger partial charge in [-0.25, -0.2) is 0 Å². The molecule has 6 nitrogen and oxygen atoms in total. The van der Waals surface area contributed by atoms with Crippen molar-refractivity contribution in [3.05, 3.63) is 0 Å². The van der Waals surface area contributed by atoms with Gasteiger partial charge in [-0.2, -0.15) is 15.0 Å². The van der Waals surface area contributed by atoms with Gasteiger partial charge in [0.25, 0.3) is 0 Å². The Morgan fingerprint density at radius 3 is 2.05 bits per heavy atom. The summed E-state index contributed by atoms with van der Waals surface area (Å²) in [5.74, 6) is 2.72. The second kappa shape index (κ2) is 7.87. The van der Waals surface area contributed by atoms with Gasteiger partial charge in [0.1, 0.15) is 0 Å². The summed E-state index contributed by atoms with van der Waals surface area (Å²) in [6.07, 6.45) is 2.36. The van der Waals surface area contributed by atoms with Gasteiger partial charge < -0.3 is 15.1 Å². The van der Waals surface area contributed by atoms with Crippen LogP contribution in [0.15, 0.2) is 0 Å². The monoisotopic (exact) mass is 280 g/mol. The molecule has 20 heavy (non-hydrogen) atoms. The average Bonchev–Trinajstić information content (AvgIpc) is 2.48. The van der Waals surface area contributed by atoms with Crippen molar-refractivity contribution >= 4 is 17.8 Å². The first-order valence-electron chi connectivity index (χ1n) is 7.41. The fourth-order valence-electron chi connectivity index (χ4n) is 2.02. The number of rotatable bonds is 8. The summed E-state index contributed by atoms with van der Waals surface area (Å²) in [6.45, 7) is 8.50. The fraction of sp³-hybridized carbons (Fsp3) is 0.786. The summed E-state index contributed by atoms with van der Waals surface area (Å²) in [6, 6.07) is 0. The quantitative estimate of drug-likeness (QED) is 0.788. The summed E-state index contributed by atoms with van der Waals surface area (Å²) >= 11 is 0. The molecule has 1 aromatic heterocycles. The third-order valence-electron chi connectivity index (χ3n) is 3.53. The van der Waals surface area contributed by atoms with E-state index >= 15 is 0 Å². The van der Waals surface area contributed by atoms with Crippen LogP contribution in [-0.4, -0.2) is 49.2 Å². The number of nitrogens with zero attached hydrogens (tertiary/aromatic N) is 5. The Kier molecular flexibility index (Phi) is 6.48. The van der Waals surface area contributed by atoms with Gasteiger partial charge in [-0.15, -0.1) is 0 Å². The topological polar surface area (TPSA) is 57.2 Å². The van der Waals surface area contributed by atoms with Crippen molar-refractivity contribution in [3.63, 3.8) is 0 Å². The molecular formula is C14H28N6. The maximum Gasteiger partial charge on any atom is 0.231 e. The van der Waals surface area contributed by atoms with Crippen molar-refractivity contribution in [2.24, 2.45) is 5.92 Å². The second-order valence-electron chi connectivity index (χ2n) is 5.12. The van der Waals surface area contributed by atoms with E-state index in [9.17, 15) is 0 Å². The van der Waals surface area contributed by atoms with Gasteiger partial charge >= 0.3 is 0 Å². The van der Waals surface area contributed by atoms with Gasteiger partial charge in [0.2, 0.25) is 17.8 Å². The minimum Gasteiger partial charge on any atom is -0.357 e. The molecule has 0 fully saturated rings. The lowest BCUT2D eigenvalue weighted by Gasteiger charge is -2.26. The summed E-state index contributed by atoms with van der Waals surface area (Å²) < 4.78 is 0. The van der Waals surface area contributed by atoms with E-state index in [0.717, 1.165) is 19.0 Å². The van der Waals surface area contributed by atoms with E-state index < -0.39 is 0 Å². The summed E-state index contributed by atoms with van der Waals surface area (Å²) in [5, 5.41) is 3.01. The third-order valence-corrected chi connectivity index (χ3v) is 3.53. The number of hydrogen-bond acceptors (Lipinski definition) is 6. The minimum atomic E-state index is 0.613. The van der Waals surface area contributed by atoms with Gasteiger partial charge in [0, 0.05) is 34.2 Å². The molecule has 114 valence electrons. The van der Waals surface area contributed by atoms with Crippen molar-refractivity contribution in [3.8, 4) is 0 Å². The molecule has 0 saturated heterocycles. The molecule has 0 amide bonds. The number of hydrogen-bond donors (Lipinski definition) is 1. The Morgan fingerprint density at radius 2 is 1.60 bits per heavy atom.